The Hall–Kier alpha value is -0.410. The van der Waals surface area contributed by atoms with Gasteiger partial charge in [-0.15, -0.1) is 0 Å². The summed E-state index contributed by atoms with van der Waals surface area (Å²) in [7, 11) is 0. The summed E-state index contributed by atoms with van der Waals surface area (Å²) >= 11 is 3.38. The Balaban J connectivity index is 2.46. The third-order valence-corrected chi connectivity index (χ3v) is 3.32. The average Bonchev–Trinajstić information content (AvgIpc) is 2.17. The number of hydrogen-bond acceptors (Lipinski definition) is 1. The second-order valence-electron chi connectivity index (χ2n) is 4.16. The van der Waals surface area contributed by atoms with Crippen LogP contribution in [0.5, 0.6) is 0 Å². The van der Waals surface area contributed by atoms with Crippen LogP contribution in [0.2, 0.25) is 0 Å². The van der Waals surface area contributed by atoms with Gasteiger partial charge in [0.25, 0.3) is 0 Å². The number of rotatable bonds is 0. The van der Waals surface area contributed by atoms with Crippen LogP contribution in [0.3, 0.4) is 0 Å². The van der Waals surface area contributed by atoms with E-state index >= 15 is 0 Å². The van der Waals surface area contributed by atoms with Crippen LogP contribution in [0, 0.1) is 0 Å². The molecule has 0 saturated heterocycles. The van der Waals surface area contributed by atoms with Crippen molar-refractivity contribution in [3.63, 3.8) is 0 Å². The summed E-state index contributed by atoms with van der Waals surface area (Å²) in [6.07, 6.45) is 1.30. The Morgan fingerprint density at radius 3 is 3.07 bits per heavy atom. The topological polar surface area (TPSA) is 9.23 Å². The van der Waals surface area contributed by atoms with E-state index in [-0.39, 0.29) is 0 Å². The molecule has 3 heteroatoms. The molecule has 1 aliphatic rings. The number of halogens is 2. The SMILES string of the molecule is CC1(F)CCCOCc2ccc(Br)cc21. The van der Waals surface area contributed by atoms with Crippen molar-refractivity contribution >= 4 is 15.9 Å². The highest BCUT2D eigenvalue weighted by atomic mass is 79.9. The third-order valence-electron chi connectivity index (χ3n) is 2.83. The zero-order valence-electron chi connectivity index (χ0n) is 8.72. The Kier molecular flexibility index (Phi) is 3.12. The molecule has 0 aromatic heterocycles. The largest absolute Gasteiger partial charge is 0.377 e. The molecule has 1 nitrogen and oxygen atoms in total. The van der Waals surface area contributed by atoms with Crippen molar-refractivity contribution in [2.24, 2.45) is 0 Å². The van der Waals surface area contributed by atoms with Crippen LogP contribution in [-0.2, 0) is 17.0 Å². The molecule has 1 heterocycles. The summed E-state index contributed by atoms with van der Waals surface area (Å²) in [5.74, 6) is 0. The fourth-order valence-electron chi connectivity index (χ4n) is 1.98. The van der Waals surface area contributed by atoms with E-state index in [1.165, 1.54) is 0 Å². The second-order valence-corrected chi connectivity index (χ2v) is 5.07. The van der Waals surface area contributed by atoms with Crippen LogP contribution in [0.1, 0.15) is 30.9 Å². The van der Waals surface area contributed by atoms with Gasteiger partial charge in [-0.05, 0) is 43.0 Å². The quantitative estimate of drug-likeness (QED) is 0.695. The van der Waals surface area contributed by atoms with Gasteiger partial charge in [0.05, 0.1) is 6.61 Å². The van der Waals surface area contributed by atoms with Crippen molar-refractivity contribution in [2.45, 2.75) is 32.0 Å². The van der Waals surface area contributed by atoms with E-state index in [0.29, 0.717) is 19.6 Å². The van der Waals surface area contributed by atoms with E-state index in [4.69, 9.17) is 4.74 Å². The minimum atomic E-state index is -1.23. The molecule has 1 atom stereocenters. The third kappa shape index (κ3) is 2.40. The molecule has 0 amide bonds. The summed E-state index contributed by atoms with van der Waals surface area (Å²) in [4.78, 5) is 0. The molecular weight excluding hydrogens is 259 g/mol. The van der Waals surface area contributed by atoms with Crippen molar-refractivity contribution < 1.29 is 9.13 Å². The summed E-state index contributed by atoms with van der Waals surface area (Å²) in [5.41, 5.74) is 0.488. The average molecular weight is 273 g/mol. The highest BCUT2D eigenvalue weighted by molar-refractivity contribution is 9.10. The normalized spacial score (nSPS) is 26.6. The van der Waals surface area contributed by atoms with Gasteiger partial charge in [0.2, 0.25) is 0 Å². The van der Waals surface area contributed by atoms with Crippen LogP contribution >= 0.6 is 15.9 Å². The first-order chi connectivity index (χ1) is 7.09. The van der Waals surface area contributed by atoms with Gasteiger partial charge >= 0.3 is 0 Å². The molecule has 1 unspecified atom stereocenters. The summed E-state index contributed by atoms with van der Waals surface area (Å²) in [5, 5.41) is 0. The smallest absolute Gasteiger partial charge is 0.133 e. The Labute approximate surface area is 97.8 Å². The van der Waals surface area contributed by atoms with E-state index in [2.05, 4.69) is 15.9 Å². The summed E-state index contributed by atoms with van der Waals surface area (Å²) in [6.45, 7) is 2.82. The molecule has 0 N–H and O–H groups in total. The summed E-state index contributed by atoms with van der Waals surface area (Å²) < 4.78 is 20.8. The molecule has 1 aromatic carbocycles. The predicted octanol–water partition coefficient (Wildman–Crippen LogP) is 3.94. The molecule has 82 valence electrons. The number of fused-ring (bicyclic) bond motifs is 1. The monoisotopic (exact) mass is 272 g/mol. The van der Waals surface area contributed by atoms with Gasteiger partial charge in [-0.3, -0.25) is 0 Å². The van der Waals surface area contributed by atoms with Crippen LogP contribution in [0.25, 0.3) is 0 Å². The van der Waals surface area contributed by atoms with Gasteiger partial charge in [0.15, 0.2) is 0 Å². The lowest BCUT2D eigenvalue weighted by molar-refractivity contribution is 0.0775. The number of ether oxygens (including phenoxy) is 1. The maximum atomic E-state index is 14.4. The van der Waals surface area contributed by atoms with E-state index in [1.807, 2.05) is 18.2 Å². The maximum absolute atomic E-state index is 14.4. The minimum Gasteiger partial charge on any atom is -0.377 e. The van der Waals surface area contributed by atoms with Gasteiger partial charge in [-0.1, -0.05) is 22.0 Å². The lowest BCUT2D eigenvalue weighted by Crippen LogP contribution is -2.21. The molecule has 0 spiro atoms. The number of benzene rings is 1. The fraction of sp³-hybridized carbons (Fsp3) is 0.500. The van der Waals surface area contributed by atoms with Gasteiger partial charge in [-0.25, -0.2) is 4.39 Å². The van der Waals surface area contributed by atoms with Gasteiger partial charge in [0.1, 0.15) is 5.67 Å². The van der Waals surface area contributed by atoms with E-state index in [1.54, 1.807) is 6.92 Å². The molecular formula is C12H14BrFO. The van der Waals surface area contributed by atoms with Gasteiger partial charge < -0.3 is 4.74 Å². The molecule has 1 aliphatic heterocycles. The van der Waals surface area contributed by atoms with E-state index in [0.717, 1.165) is 22.0 Å². The minimum absolute atomic E-state index is 0.516. The fourth-order valence-corrected chi connectivity index (χ4v) is 2.34. The Morgan fingerprint density at radius 2 is 2.27 bits per heavy atom. The van der Waals surface area contributed by atoms with Crippen LogP contribution in [-0.4, -0.2) is 6.61 Å². The highest BCUT2D eigenvalue weighted by Gasteiger charge is 2.29. The van der Waals surface area contributed by atoms with Gasteiger partial charge in [-0.2, -0.15) is 0 Å². The van der Waals surface area contributed by atoms with E-state index < -0.39 is 5.67 Å². The van der Waals surface area contributed by atoms with Crippen LogP contribution < -0.4 is 0 Å². The Morgan fingerprint density at radius 1 is 1.47 bits per heavy atom. The first-order valence-corrected chi connectivity index (χ1v) is 5.94. The molecule has 2 rings (SSSR count). The lowest BCUT2D eigenvalue weighted by atomic mass is 9.89. The van der Waals surface area contributed by atoms with Crippen molar-refractivity contribution in [2.75, 3.05) is 6.61 Å². The molecule has 0 fully saturated rings. The van der Waals surface area contributed by atoms with Crippen LogP contribution in [0.4, 0.5) is 4.39 Å². The number of alkyl halides is 1. The lowest BCUT2D eigenvalue weighted by Gasteiger charge is -2.26. The van der Waals surface area contributed by atoms with Crippen molar-refractivity contribution in [3.05, 3.63) is 33.8 Å². The maximum Gasteiger partial charge on any atom is 0.133 e. The second kappa shape index (κ2) is 4.22. The Bertz CT molecular complexity index is 363. The van der Waals surface area contributed by atoms with Crippen molar-refractivity contribution in [3.8, 4) is 0 Å². The predicted molar refractivity (Wildman–Crippen MR) is 61.5 cm³/mol. The molecule has 15 heavy (non-hydrogen) atoms. The first-order valence-electron chi connectivity index (χ1n) is 5.15. The van der Waals surface area contributed by atoms with Crippen molar-refractivity contribution in [1.29, 1.82) is 0 Å². The van der Waals surface area contributed by atoms with E-state index in [9.17, 15) is 4.39 Å². The molecule has 0 aliphatic carbocycles. The molecule has 0 saturated carbocycles. The number of hydrogen-bond donors (Lipinski definition) is 0. The highest BCUT2D eigenvalue weighted by Crippen LogP contribution is 2.36. The zero-order chi connectivity index (χ0) is 10.9. The molecule has 0 bridgehead atoms. The van der Waals surface area contributed by atoms with Crippen LogP contribution in [0.15, 0.2) is 22.7 Å². The zero-order valence-corrected chi connectivity index (χ0v) is 10.3. The first kappa shape index (κ1) is 11.1. The standard InChI is InChI=1S/C12H14BrFO/c1-12(14)5-2-6-15-8-9-3-4-10(13)7-11(9)12/h3-4,7H,2,5-6,8H2,1H3. The molecule has 0 radical (unpaired) electrons. The molecule has 1 aromatic rings. The summed E-state index contributed by atoms with van der Waals surface area (Å²) in [6, 6.07) is 5.73. The van der Waals surface area contributed by atoms with Crippen molar-refractivity contribution in [1.82, 2.24) is 0 Å². The van der Waals surface area contributed by atoms with Gasteiger partial charge in [0, 0.05) is 11.1 Å².